The van der Waals surface area contributed by atoms with E-state index >= 15 is 0 Å². The molecule has 0 amide bonds. The van der Waals surface area contributed by atoms with E-state index in [1.165, 1.54) is 6.42 Å². The topological polar surface area (TPSA) is 63.9 Å². The van der Waals surface area contributed by atoms with Gasteiger partial charge in [0.25, 0.3) is 0 Å². The van der Waals surface area contributed by atoms with Gasteiger partial charge in [-0.1, -0.05) is 0 Å². The molecule has 0 aliphatic rings. The Morgan fingerprint density at radius 3 is 2.78 bits per heavy atom. The summed E-state index contributed by atoms with van der Waals surface area (Å²) >= 11 is 0. The van der Waals surface area contributed by atoms with E-state index in [0.717, 1.165) is 36.2 Å². The molecule has 0 aliphatic carbocycles. The standard InChI is InChI=1S/C13H20N4O/c1-14-7-3-4-8-17(2)10-5-6-11-12(9-10)16-13(18)15-11/h5-6,9,14H,3-4,7-8H2,1-2H3,(H2,15,16,18). The second-order valence-corrected chi connectivity index (χ2v) is 4.54. The van der Waals surface area contributed by atoms with Gasteiger partial charge in [-0.15, -0.1) is 0 Å². The minimum atomic E-state index is -0.154. The largest absolute Gasteiger partial charge is 0.375 e. The number of rotatable bonds is 6. The summed E-state index contributed by atoms with van der Waals surface area (Å²) in [5, 5.41) is 3.15. The molecule has 1 aromatic carbocycles. The number of benzene rings is 1. The quantitative estimate of drug-likeness (QED) is 0.675. The zero-order chi connectivity index (χ0) is 13.0. The molecule has 0 bridgehead atoms. The molecule has 2 rings (SSSR count). The van der Waals surface area contributed by atoms with Crippen molar-refractivity contribution in [1.82, 2.24) is 15.3 Å². The molecular formula is C13H20N4O. The lowest BCUT2D eigenvalue weighted by Gasteiger charge is -2.19. The number of nitrogens with one attached hydrogen (secondary N) is 3. The van der Waals surface area contributed by atoms with Gasteiger partial charge in [0.05, 0.1) is 11.0 Å². The summed E-state index contributed by atoms with van der Waals surface area (Å²) in [7, 11) is 4.05. The molecule has 0 saturated heterocycles. The van der Waals surface area contributed by atoms with Gasteiger partial charge in [-0.05, 0) is 44.6 Å². The van der Waals surface area contributed by atoms with Gasteiger partial charge < -0.3 is 20.2 Å². The number of nitrogens with zero attached hydrogens (tertiary/aromatic N) is 1. The van der Waals surface area contributed by atoms with Crippen molar-refractivity contribution in [3.63, 3.8) is 0 Å². The minimum absolute atomic E-state index is 0.154. The second kappa shape index (κ2) is 5.73. The molecule has 0 atom stereocenters. The first-order valence-corrected chi connectivity index (χ1v) is 6.28. The molecule has 3 N–H and O–H groups in total. The Balaban J connectivity index is 2.03. The number of aromatic nitrogens is 2. The third kappa shape index (κ3) is 2.92. The molecular weight excluding hydrogens is 228 g/mol. The van der Waals surface area contributed by atoms with Gasteiger partial charge in [0, 0.05) is 19.3 Å². The molecule has 0 fully saturated rings. The number of aromatic amines is 2. The molecule has 2 aromatic rings. The van der Waals surface area contributed by atoms with Crippen LogP contribution in [0.25, 0.3) is 11.0 Å². The van der Waals surface area contributed by atoms with Crippen LogP contribution in [0.3, 0.4) is 0 Å². The van der Waals surface area contributed by atoms with E-state index in [0.29, 0.717) is 0 Å². The molecule has 98 valence electrons. The number of imidazole rings is 1. The van der Waals surface area contributed by atoms with Crippen molar-refractivity contribution in [2.24, 2.45) is 0 Å². The maximum Gasteiger partial charge on any atom is 0.323 e. The number of H-pyrrole nitrogens is 2. The number of fused-ring (bicyclic) bond motifs is 1. The van der Waals surface area contributed by atoms with Crippen molar-refractivity contribution in [1.29, 1.82) is 0 Å². The predicted molar refractivity (Wildman–Crippen MR) is 75.4 cm³/mol. The lowest BCUT2D eigenvalue weighted by molar-refractivity contribution is 0.671. The van der Waals surface area contributed by atoms with Crippen LogP contribution >= 0.6 is 0 Å². The maximum absolute atomic E-state index is 11.2. The van der Waals surface area contributed by atoms with Crippen LogP contribution in [0.15, 0.2) is 23.0 Å². The van der Waals surface area contributed by atoms with Crippen molar-refractivity contribution < 1.29 is 0 Å². The summed E-state index contributed by atoms with van der Waals surface area (Å²) in [5.41, 5.74) is 2.69. The summed E-state index contributed by atoms with van der Waals surface area (Å²) in [6.07, 6.45) is 2.32. The SMILES string of the molecule is CNCCCCN(C)c1ccc2[nH]c(=O)[nH]c2c1. The fourth-order valence-electron chi connectivity index (χ4n) is 2.04. The van der Waals surface area contributed by atoms with Crippen LogP contribution in [0.4, 0.5) is 5.69 Å². The van der Waals surface area contributed by atoms with Gasteiger partial charge in [0.2, 0.25) is 0 Å². The van der Waals surface area contributed by atoms with Crippen LogP contribution in [0.1, 0.15) is 12.8 Å². The first-order valence-electron chi connectivity index (χ1n) is 6.28. The first-order chi connectivity index (χ1) is 8.70. The Hall–Kier alpha value is -1.75. The Labute approximate surface area is 106 Å². The summed E-state index contributed by atoms with van der Waals surface area (Å²) in [6.45, 7) is 2.07. The zero-order valence-corrected chi connectivity index (χ0v) is 10.9. The fourth-order valence-corrected chi connectivity index (χ4v) is 2.04. The predicted octanol–water partition coefficient (Wildman–Crippen LogP) is 1.29. The van der Waals surface area contributed by atoms with Gasteiger partial charge >= 0.3 is 5.69 Å². The summed E-state index contributed by atoms with van der Waals surface area (Å²) in [6, 6.07) is 5.97. The Morgan fingerprint density at radius 1 is 1.22 bits per heavy atom. The summed E-state index contributed by atoms with van der Waals surface area (Å²) in [4.78, 5) is 18.9. The minimum Gasteiger partial charge on any atom is -0.375 e. The molecule has 18 heavy (non-hydrogen) atoms. The number of anilines is 1. The molecule has 1 heterocycles. The van der Waals surface area contributed by atoms with Gasteiger partial charge in [-0.3, -0.25) is 0 Å². The van der Waals surface area contributed by atoms with Gasteiger partial charge in [0.1, 0.15) is 0 Å². The number of hydrogen-bond acceptors (Lipinski definition) is 3. The van der Waals surface area contributed by atoms with Crippen molar-refractivity contribution in [3.8, 4) is 0 Å². The normalized spacial score (nSPS) is 11.0. The van der Waals surface area contributed by atoms with Crippen LogP contribution in [-0.2, 0) is 0 Å². The molecule has 0 spiro atoms. The monoisotopic (exact) mass is 248 g/mol. The van der Waals surface area contributed by atoms with Crippen LogP contribution in [0.5, 0.6) is 0 Å². The van der Waals surface area contributed by atoms with E-state index < -0.39 is 0 Å². The Kier molecular flexibility index (Phi) is 4.04. The molecule has 0 aliphatic heterocycles. The fraction of sp³-hybridized carbons (Fsp3) is 0.462. The summed E-state index contributed by atoms with van der Waals surface area (Å²) < 4.78 is 0. The molecule has 5 nitrogen and oxygen atoms in total. The van der Waals surface area contributed by atoms with E-state index in [-0.39, 0.29) is 5.69 Å². The average molecular weight is 248 g/mol. The smallest absolute Gasteiger partial charge is 0.323 e. The van der Waals surface area contributed by atoms with Crippen LogP contribution in [-0.4, -0.2) is 37.2 Å². The van der Waals surface area contributed by atoms with E-state index in [9.17, 15) is 4.79 Å². The Morgan fingerprint density at radius 2 is 2.00 bits per heavy atom. The third-order valence-corrected chi connectivity index (χ3v) is 3.11. The maximum atomic E-state index is 11.2. The van der Waals surface area contributed by atoms with E-state index in [2.05, 4.69) is 27.2 Å². The molecule has 0 radical (unpaired) electrons. The van der Waals surface area contributed by atoms with Crippen molar-refractivity contribution in [2.75, 3.05) is 32.1 Å². The third-order valence-electron chi connectivity index (χ3n) is 3.11. The molecule has 0 unspecified atom stereocenters. The van der Waals surface area contributed by atoms with E-state index in [4.69, 9.17) is 0 Å². The highest BCUT2D eigenvalue weighted by molar-refractivity contribution is 5.78. The highest BCUT2D eigenvalue weighted by Crippen LogP contribution is 2.18. The van der Waals surface area contributed by atoms with Crippen LogP contribution in [0.2, 0.25) is 0 Å². The van der Waals surface area contributed by atoms with Gasteiger partial charge in [0.15, 0.2) is 0 Å². The highest BCUT2D eigenvalue weighted by atomic mass is 16.1. The lowest BCUT2D eigenvalue weighted by Crippen LogP contribution is -2.19. The molecule has 5 heteroatoms. The van der Waals surface area contributed by atoms with E-state index in [1.54, 1.807) is 0 Å². The summed E-state index contributed by atoms with van der Waals surface area (Å²) in [5.74, 6) is 0. The molecule has 1 aromatic heterocycles. The lowest BCUT2D eigenvalue weighted by atomic mass is 10.2. The van der Waals surface area contributed by atoms with Crippen LogP contribution in [0, 0.1) is 0 Å². The first kappa shape index (κ1) is 12.7. The van der Waals surface area contributed by atoms with Crippen LogP contribution < -0.4 is 15.9 Å². The van der Waals surface area contributed by atoms with Crippen molar-refractivity contribution >= 4 is 16.7 Å². The van der Waals surface area contributed by atoms with Gasteiger partial charge in [-0.25, -0.2) is 4.79 Å². The Bertz CT molecular complexity index is 557. The average Bonchev–Trinajstić information content (AvgIpc) is 2.73. The number of unbranched alkanes of at least 4 members (excludes halogenated alkanes) is 1. The second-order valence-electron chi connectivity index (χ2n) is 4.54. The van der Waals surface area contributed by atoms with E-state index in [1.807, 2.05) is 25.2 Å². The highest BCUT2D eigenvalue weighted by Gasteiger charge is 2.03. The number of hydrogen-bond donors (Lipinski definition) is 3. The van der Waals surface area contributed by atoms with Crippen molar-refractivity contribution in [3.05, 3.63) is 28.7 Å². The molecule has 0 saturated carbocycles. The zero-order valence-electron chi connectivity index (χ0n) is 10.9. The van der Waals surface area contributed by atoms with Gasteiger partial charge in [-0.2, -0.15) is 0 Å². The van der Waals surface area contributed by atoms with Crippen molar-refractivity contribution in [2.45, 2.75) is 12.8 Å².